The number of rotatable bonds is 4. The van der Waals surface area contributed by atoms with Gasteiger partial charge >= 0.3 is 0 Å². The Kier molecular flexibility index (Phi) is 2.98. The van der Waals surface area contributed by atoms with E-state index in [2.05, 4.69) is 26.0 Å². The number of hydrogen-bond acceptors (Lipinski definition) is 0. The van der Waals surface area contributed by atoms with E-state index in [0.717, 1.165) is 11.8 Å². The van der Waals surface area contributed by atoms with Crippen LogP contribution in [0.3, 0.4) is 0 Å². The van der Waals surface area contributed by atoms with Gasteiger partial charge in [-0.3, -0.25) is 0 Å². The Labute approximate surface area is 64.3 Å². The molecule has 0 heterocycles. The lowest BCUT2D eigenvalue weighted by molar-refractivity contribution is 0.687. The zero-order valence-corrected chi connectivity index (χ0v) is 7.14. The first-order valence-corrected chi connectivity index (χ1v) is 4.53. The van der Waals surface area contributed by atoms with Crippen LogP contribution in [0.1, 0.15) is 39.5 Å². The third kappa shape index (κ3) is 2.17. The predicted octanol–water partition coefficient (Wildman–Crippen LogP) is 3.39. The van der Waals surface area contributed by atoms with Gasteiger partial charge in [0, 0.05) is 0 Å². The van der Waals surface area contributed by atoms with Crippen LogP contribution in [0.25, 0.3) is 0 Å². The number of allylic oxidation sites excluding steroid dienone is 2. The Bertz CT molecular complexity index is 113. The molecule has 0 aliphatic heterocycles. The third-order valence-corrected chi connectivity index (χ3v) is 2.43. The molecule has 0 saturated heterocycles. The van der Waals surface area contributed by atoms with E-state index in [1.54, 1.807) is 0 Å². The van der Waals surface area contributed by atoms with Crippen molar-refractivity contribution in [2.45, 2.75) is 39.5 Å². The summed E-state index contributed by atoms with van der Waals surface area (Å²) in [5, 5.41) is 0. The molecular weight excluding hydrogens is 120 g/mol. The highest BCUT2D eigenvalue weighted by atomic mass is 14.4. The van der Waals surface area contributed by atoms with Gasteiger partial charge in [-0.05, 0) is 31.1 Å². The molecule has 0 aromatic rings. The summed E-state index contributed by atoms with van der Waals surface area (Å²) < 4.78 is 0. The van der Waals surface area contributed by atoms with Gasteiger partial charge in [0.2, 0.25) is 0 Å². The topological polar surface area (TPSA) is 0 Å². The molecule has 0 spiro atoms. The van der Waals surface area contributed by atoms with Gasteiger partial charge in [-0.15, -0.1) is 0 Å². The van der Waals surface area contributed by atoms with E-state index >= 15 is 0 Å². The smallest absolute Gasteiger partial charge is 0.0319 e. The van der Waals surface area contributed by atoms with Crippen molar-refractivity contribution in [3.63, 3.8) is 0 Å². The van der Waals surface area contributed by atoms with Gasteiger partial charge in [0.1, 0.15) is 0 Å². The predicted molar refractivity (Wildman–Crippen MR) is 45.9 cm³/mol. The summed E-state index contributed by atoms with van der Waals surface area (Å²) in [6.45, 7) is 4.49. The zero-order chi connectivity index (χ0) is 7.40. The van der Waals surface area contributed by atoms with Gasteiger partial charge in [-0.1, -0.05) is 32.4 Å². The van der Waals surface area contributed by atoms with E-state index in [1.807, 2.05) is 0 Å². The van der Waals surface area contributed by atoms with E-state index in [9.17, 15) is 0 Å². The van der Waals surface area contributed by atoms with Crippen LogP contribution in [0.5, 0.6) is 0 Å². The summed E-state index contributed by atoms with van der Waals surface area (Å²) in [7, 11) is 0. The molecule has 0 aromatic heterocycles. The van der Waals surface area contributed by atoms with E-state index in [0.29, 0.717) is 0 Å². The molecule has 1 aliphatic carbocycles. The molecule has 1 fully saturated rings. The van der Waals surface area contributed by atoms with Crippen molar-refractivity contribution in [3.05, 3.63) is 12.2 Å². The first-order chi connectivity index (χ1) is 4.88. The molecule has 0 N–H and O–H groups in total. The minimum atomic E-state index is 1.05. The Morgan fingerprint density at radius 2 is 2.00 bits per heavy atom. The fraction of sp³-hybridized carbons (Fsp3) is 0.800. The van der Waals surface area contributed by atoms with Crippen molar-refractivity contribution >= 4 is 0 Å². The minimum absolute atomic E-state index is 1.05. The minimum Gasteiger partial charge on any atom is -0.0888 e. The van der Waals surface area contributed by atoms with Gasteiger partial charge in [0.15, 0.2) is 0 Å². The highest BCUT2D eigenvalue weighted by molar-refractivity contribution is 4.92. The summed E-state index contributed by atoms with van der Waals surface area (Å²) in [6, 6.07) is 0. The van der Waals surface area contributed by atoms with Gasteiger partial charge in [-0.2, -0.15) is 0 Å². The fourth-order valence-corrected chi connectivity index (χ4v) is 1.54. The lowest BCUT2D eigenvalue weighted by Gasteiger charge is -1.89. The van der Waals surface area contributed by atoms with Crippen LogP contribution in [0.15, 0.2) is 12.2 Å². The van der Waals surface area contributed by atoms with Gasteiger partial charge in [0.05, 0.1) is 0 Å². The van der Waals surface area contributed by atoms with Crippen molar-refractivity contribution in [1.29, 1.82) is 0 Å². The summed E-state index contributed by atoms with van der Waals surface area (Å²) in [5.41, 5.74) is 0. The largest absolute Gasteiger partial charge is 0.0888 e. The zero-order valence-electron chi connectivity index (χ0n) is 7.14. The first-order valence-electron chi connectivity index (χ1n) is 4.53. The molecule has 2 unspecified atom stereocenters. The Morgan fingerprint density at radius 3 is 2.50 bits per heavy atom. The molecule has 1 aliphatic rings. The lowest BCUT2D eigenvalue weighted by atomic mass is 10.2. The summed E-state index contributed by atoms with van der Waals surface area (Å²) in [4.78, 5) is 0. The van der Waals surface area contributed by atoms with Crippen molar-refractivity contribution in [2.75, 3.05) is 0 Å². The van der Waals surface area contributed by atoms with Crippen LogP contribution in [-0.4, -0.2) is 0 Å². The van der Waals surface area contributed by atoms with Crippen molar-refractivity contribution in [1.82, 2.24) is 0 Å². The van der Waals surface area contributed by atoms with Crippen LogP contribution in [0.4, 0.5) is 0 Å². The average Bonchev–Trinajstić information content (AvgIpc) is 2.68. The highest BCUT2D eigenvalue weighted by Crippen LogP contribution is 2.43. The first kappa shape index (κ1) is 7.84. The van der Waals surface area contributed by atoms with Gasteiger partial charge < -0.3 is 0 Å². The molecule has 58 valence electrons. The molecule has 10 heavy (non-hydrogen) atoms. The second-order valence-electron chi connectivity index (χ2n) is 3.28. The van der Waals surface area contributed by atoms with Crippen LogP contribution in [0.2, 0.25) is 0 Å². The molecule has 0 bridgehead atoms. The molecule has 2 atom stereocenters. The standard InChI is InChI=1S/C10H18/c1-3-5-6-7-10-8-9(10)4-2/h5-6,9-10H,3-4,7-8H2,1-2H3. The highest BCUT2D eigenvalue weighted by Gasteiger charge is 2.33. The molecular formula is C10H18. The van der Waals surface area contributed by atoms with Gasteiger partial charge in [-0.25, -0.2) is 0 Å². The van der Waals surface area contributed by atoms with E-state index < -0.39 is 0 Å². The van der Waals surface area contributed by atoms with Crippen LogP contribution in [0, 0.1) is 11.8 Å². The van der Waals surface area contributed by atoms with Crippen LogP contribution in [-0.2, 0) is 0 Å². The fourth-order valence-electron chi connectivity index (χ4n) is 1.54. The third-order valence-electron chi connectivity index (χ3n) is 2.43. The maximum atomic E-state index is 2.35. The van der Waals surface area contributed by atoms with E-state index in [1.165, 1.54) is 25.7 Å². The Balaban J connectivity index is 2.01. The average molecular weight is 138 g/mol. The summed E-state index contributed by atoms with van der Waals surface area (Å²) >= 11 is 0. The van der Waals surface area contributed by atoms with Gasteiger partial charge in [0.25, 0.3) is 0 Å². The maximum absolute atomic E-state index is 2.35. The molecule has 0 radical (unpaired) electrons. The summed E-state index contributed by atoms with van der Waals surface area (Å²) in [6.07, 6.45) is 10.1. The molecule has 0 aromatic carbocycles. The summed E-state index contributed by atoms with van der Waals surface area (Å²) in [5.74, 6) is 2.12. The molecule has 1 saturated carbocycles. The SMILES string of the molecule is CCC=CCC1CC1CC. The quantitative estimate of drug-likeness (QED) is 0.522. The van der Waals surface area contributed by atoms with E-state index in [4.69, 9.17) is 0 Å². The molecule has 0 heteroatoms. The van der Waals surface area contributed by atoms with Crippen LogP contribution >= 0.6 is 0 Å². The van der Waals surface area contributed by atoms with E-state index in [-0.39, 0.29) is 0 Å². The Morgan fingerprint density at radius 1 is 1.20 bits per heavy atom. The second-order valence-corrected chi connectivity index (χ2v) is 3.28. The van der Waals surface area contributed by atoms with Crippen LogP contribution < -0.4 is 0 Å². The normalized spacial score (nSPS) is 31.4. The van der Waals surface area contributed by atoms with Crippen molar-refractivity contribution < 1.29 is 0 Å². The molecule has 0 nitrogen and oxygen atoms in total. The van der Waals surface area contributed by atoms with Crippen molar-refractivity contribution in [2.24, 2.45) is 11.8 Å². The van der Waals surface area contributed by atoms with Crippen molar-refractivity contribution in [3.8, 4) is 0 Å². The monoisotopic (exact) mass is 138 g/mol. The Hall–Kier alpha value is -0.260. The molecule has 1 rings (SSSR count). The second kappa shape index (κ2) is 3.80. The number of hydrogen-bond donors (Lipinski definition) is 0. The lowest BCUT2D eigenvalue weighted by Crippen LogP contribution is -1.76. The molecule has 0 amide bonds. The maximum Gasteiger partial charge on any atom is -0.0319 e.